The molecule has 0 radical (unpaired) electrons. The lowest BCUT2D eigenvalue weighted by atomic mass is 10.1. The minimum atomic E-state index is 0.256. The van der Waals surface area contributed by atoms with Crippen molar-refractivity contribution in [2.45, 2.75) is 19.4 Å². The highest BCUT2D eigenvalue weighted by molar-refractivity contribution is 6.34. The lowest BCUT2D eigenvalue weighted by Gasteiger charge is -2.15. The molecule has 0 aliphatic heterocycles. The van der Waals surface area contributed by atoms with Crippen molar-refractivity contribution >= 4 is 28.2 Å². The van der Waals surface area contributed by atoms with Crippen LogP contribution in [-0.4, -0.2) is 16.2 Å². The summed E-state index contributed by atoms with van der Waals surface area (Å²) in [4.78, 5) is 0. The van der Waals surface area contributed by atoms with E-state index in [2.05, 4.69) is 46.7 Å². The Morgan fingerprint density at radius 2 is 1.62 bits per heavy atom. The highest BCUT2D eigenvalue weighted by Crippen LogP contribution is 2.26. The van der Waals surface area contributed by atoms with Crippen LogP contribution < -0.4 is 5.32 Å². The summed E-state index contributed by atoms with van der Waals surface area (Å²) in [6, 6.07) is 18.5. The predicted octanol–water partition coefficient (Wildman–Crippen LogP) is 4.33. The van der Waals surface area contributed by atoms with E-state index in [0.717, 1.165) is 23.0 Å². The molecule has 0 saturated heterocycles. The molecular formula is C17H16ClN3. The van der Waals surface area contributed by atoms with Crippen LogP contribution in [0.3, 0.4) is 0 Å². The van der Waals surface area contributed by atoms with Gasteiger partial charge in [-0.1, -0.05) is 66.2 Å². The predicted molar refractivity (Wildman–Crippen MR) is 87.8 cm³/mol. The normalized spacial score (nSPS) is 12.3. The van der Waals surface area contributed by atoms with Gasteiger partial charge in [-0.25, -0.2) is 0 Å². The molecule has 3 nitrogen and oxygen atoms in total. The quantitative estimate of drug-likeness (QED) is 0.779. The van der Waals surface area contributed by atoms with Crippen molar-refractivity contribution in [2.75, 3.05) is 5.32 Å². The van der Waals surface area contributed by atoms with Gasteiger partial charge in [-0.3, -0.25) is 0 Å². The van der Waals surface area contributed by atoms with Gasteiger partial charge in [0.05, 0.1) is 0 Å². The first kappa shape index (κ1) is 13.8. The molecule has 0 saturated carbocycles. The van der Waals surface area contributed by atoms with E-state index in [4.69, 9.17) is 11.6 Å². The van der Waals surface area contributed by atoms with E-state index in [1.165, 1.54) is 5.56 Å². The van der Waals surface area contributed by atoms with Crippen LogP contribution in [-0.2, 0) is 6.42 Å². The molecule has 1 atom stereocenters. The van der Waals surface area contributed by atoms with E-state index in [1.807, 2.05) is 30.3 Å². The van der Waals surface area contributed by atoms with Crippen LogP contribution in [0.2, 0.25) is 5.15 Å². The number of rotatable bonds is 4. The number of aromatic nitrogens is 2. The summed E-state index contributed by atoms with van der Waals surface area (Å²) in [6.45, 7) is 2.14. The third-order valence-electron chi connectivity index (χ3n) is 3.41. The van der Waals surface area contributed by atoms with E-state index in [0.29, 0.717) is 5.15 Å². The number of hydrogen-bond donors (Lipinski definition) is 1. The molecule has 0 fully saturated rings. The number of fused-ring (bicyclic) bond motifs is 1. The first-order chi connectivity index (χ1) is 10.2. The van der Waals surface area contributed by atoms with Crippen molar-refractivity contribution in [3.8, 4) is 0 Å². The average Bonchev–Trinajstić information content (AvgIpc) is 2.51. The van der Waals surface area contributed by atoms with Gasteiger partial charge in [0.2, 0.25) is 0 Å². The summed E-state index contributed by atoms with van der Waals surface area (Å²) in [6.07, 6.45) is 0.930. The van der Waals surface area contributed by atoms with Crippen LogP contribution in [0.25, 0.3) is 10.8 Å². The molecule has 2 aromatic carbocycles. The average molecular weight is 298 g/mol. The molecule has 1 unspecified atom stereocenters. The molecule has 3 rings (SSSR count). The number of hydrogen-bond acceptors (Lipinski definition) is 3. The number of nitrogens with one attached hydrogen (secondary N) is 1. The Hall–Kier alpha value is -2.13. The van der Waals surface area contributed by atoms with Crippen LogP contribution in [0.5, 0.6) is 0 Å². The van der Waals surface area contributed by atoms with Gasteiger partial charge in [-0.2, -0.15) is 0 Å². The summed E-state index contributed by atoms with van der Waals surface area (Å²) in [5.41, 5.74) is 1.30. The van der Waals surface area contributed by atoms with Crippen LogP contribution in [0.4, 0.5) is 5.82 Å². The molecule has 106 valence electrons. The molecule has 4 heteroatoms. The summed E-state index contributed by atoms with van der Waals surface area (Å²) in [5.74, 6) is 0.776. The second-order valence-electron chi connectivity index (χ2n) is 5.12. The standard InChI is InChI=1S/C17H16ClN3/c1-12(11-13-7-3-2-4-8-13)19-17-15-10-6-5-9-14(15)16(18)20-21-17/h2-10,12H,11H2,1H3,(H,19,21). The lowest BCUT2D eigenvalue weighted by molar-refractivity contribution is 0.781. The molecule has 0 spiro atoms. The van der Waals surface area contributed by atoms with Gasteiger partial charge in [0.15, 0.2) is 11.0 Å². The summed E-state index contributed by atoms with van der Waals surface area (Å²) in [5, 5.41) is 14.0. The molecular weight excluding hydrogens is 282 g/mol. The lowest BCUT2D eigenvalue weighted by Crippen LogP contribution is -2.19. The monoisotopic (exact) mass is 297 g/mol. The maximum atomic E-state index is 6.09. The van der Waals surface area contributed by atoms with Crippen molar-refractivity contribution in [2.24, 2.45) is 0 Å². The summed E-state index contributed by atoms with van der Waals surface area (Å²) < 4.78 is 0. The molecule has 0 aliphatic rings. The fourth-order valence-corrected chi connectivity index (χ4v) is 2.63. The summed E-state index contributed by atoms with van der Waals surface area (Å²) in [7, 11) is 0. The molecule has 21 heavy (non-hydrogen) atoms. The van der Waals surface area contributed by atoms with Crippen LogP contribution in [0, 0.1) is 0 Å². The first-order valence-corrected chi connectivity index (χ1v) is 7.33. The van der Waals surface area contributed by atoms with Gasteiger partial charge < -0.3 is 5.32 Å². The van der Waals surface area contributed by atoms with Crippen LogP contribution >= 0.6 is 11.6 Å². The van der Waals surface area contributed by atoms with Gasteiger partial charge in [-0.15, -0.1) is 10.2 Å². The Labute approximate surface area is 129 Å². The number of benzene rings is 2. The molecule has 3 aromatic rings. The molecule has 1 aromatic heterocycles. The van der Waals surface area contributed by atoms with Gasteiger partial charge in [0.25, 0.3) is 0 Å². The third-order valence-corrected chi connectivity index (χ3v) is 3.69. The van der Waals surface area contributed by atoms with Gasteiger partial charge in [0.1, 0.15) is 0 Å². The Balaban J connectivity index is 1.83. The Kier molecular flexibility index (Phi) is 4.02. The Morgan fingerprint density at radius 3 is 2.38 bits per heavy atom. The van der Waals surface area contributed by atoms with Gasteiger partial charge >= 0.3 is 0 Å². The zero-order valence-electron chi connectivity index (χ0n) is 11.8. The van der Waals surface area contributed by atoms with Crippen LogP contribution in [0.1, 0.15) is 12.5 Å². The van der Waals surface area contributed by atoms with E-state index in [-0.39, 0.29) is 6.04 Å². The molecule has 1 N–H and O–H groups in total. The van der Waals surface area contributed by atoms with Crippen molar-refractivity contribution in [3.05, 3.63) is 65.3 Å². The number of nitrogens with zero attached hydrogens (tertiary/aromatic N) is 2. The smallest absolute Gasteiger partial charge is 0.159 e. The Bertz CT molecular complexity index is 743. The fraction of sp³-hybridized carbons (Fsp3) is 0.176. The topological polar surface area (TPSA) is 37.8 Å². The van der Waals surface area contributed by atoms with E-state index >= 15 is 0 Å². The van der Waals surface area contributed by atoms with Crippen molar-refractivity contribution in [3.63, 3.8) is 0 Å². The SMILES string of the molecule is CC(Cc1ccccc1)Nc1nnc(Cl)c2ccccc12. The fourth-order valence-electron chi connectivity index (χ4n) is 2.43. The van der Waals surface area contributed by atoms with Gasteiger partial charge in [-0.05, 0) is 18.9 Å². The second kappa shape index (κ2) is 6.10. The zero-order valence-corrected chi connectivity index (χ0v) is 12.5. The highest BCUT2D eigenvalue weighted by atomic mass is 35.5. The van der Waals surface area contributed by atoms with E-state index < -0.39 is 0 Å². The number of halogens is 1. The van der Waals surface area contributed by atoms with Crippen molar-refractivity contribution in [1.82, 2.24) is 10.2 Å². The third kappa shape index (κ3) is 3.14. The van der Waals surface area contributed by atoms with E-state index in [9.17, 15) is 0 Å². The minimum Gasteiger partial charge on any atom is -0.365 e. The first-order valence-electron chi connectivity index (χ1n) is 6.95. The molecule has 1 heterocycles. The van der Waals surface area contributed by atoms with E-state index in [1.54, 1.807) is 0 Å². The van der Waals surface area contributed by atoms with Gasteiger partial charge in [0, 0.05) is 16.8 Å². The largest absolute Gasteiger partial charge is 0.365 e. The minimum absolute atomic E-state index is 0.256. The zero-order chi connectivity index (χ0) is 14.7. The summed E-state index contributed by atoms with van der Waals surface area (Å²) >= 11 is 6.09. The van der Waals surface area contributed by atoms with Crippen LogP contribution in [0.15, 0.2) is 54.6 Å². The Morgan fingerprint density at radius 1 is 0.952 bits per heavy atom. The molecule has 0 aliphatic carbocycles. The maximum absolute atomic E-state index is 6.09. The highest BCUT2D eigenvalue weighted by Gasteiger charge is 2.10. The second-order valence-corrected chi connectivity index (χ2v) is 5.48. The molecule has 0 bridgehead atoms. The van der Waals surface area contributed by atoms with Crippen molar-refractivity contribution < 1.29 is 0 Å². The maximum Gasteiger partial charge on any atom is 0.159 e. The number of anilines is 1. The van der Waals surface area contributed by atoms with Crippen molar-refractivity contribution in [1.29, 1.82) is 0 Å². The molecule has 0 amide bonds.